The van der Waals surface area contributed by atoms with Crippen LogP contribution in [0.3, 0.4) is 0 Å². The Labute approximate surface area is 194 Å². The van der Waals surface area contributed by atoms with Gasteiger partial charge in [0.25, 0.3) is 0 Å². The predicted molar refractivity (Wildman–Crippen MR) is 134 cm³/mol. The molecule has 4 aromatic rings. The summed E-state index contributed by atoms with van der Waals surface area (Å²) in [5.41, 5.74) is 7.32. The van der Waals surface area contributed by atoms with Gasteiger partial charge >= 0.3 is 0 Å². The van der Waals surface area contributed by atoms with Crippen LogP contribution in [0.2, 0.25) is 0 Å². The number of para-hydroxylation sites is 1. The molecule has 1 amide bonds. The lowest BCUT2D eigenvalue weighted by atomic mass is 10.1. The van der Waals surface area contributed by atoms with E-state index in [9.17, 15) is 4.79 Å². The lowest BCUT2D eigenvalue weighted by Gasteiger charge is -2.35. The van der Waals surface area contributed by atoms with Crippen molar-refractivity contribution < 1.29 is 4.79 Å². The number of hydrogen-bond acceptors (Lipinski definition) is 3. The van der Waals surface area contributed by atoms with Crippen LogP contribution in [0.5, 0.6) is 0 Å². The Hall–Kier alpha value is -3.86. The topological polar surface area (TPSA) is 40.9 Å². The van der Waals surface area contributed by atoms with Crippen LogP contribution in [0, 0.1) is 13.8 Å². The lowest BCUT2D eigenvalue weighted by molar-refractivity contribution is -0.126. The third kappa shape index (κ3) is 4.40. The van der Waals surface area contributed by atoms with Gasteiger partial charge in [-0.05, 0) is 49.8 Å². The van der Waals surface area contributed by atoms with Gasteiger partial charge in [-0.1, -0.05) is 48.0 Å². The second-order valence-electron chi connectivity index (χ2n) is 8.63. The number of benzene rings is 2. The van der Waals surface area contributed by atoms with Crippen molar-refractivity contribution in [3.63, 3.8) is 0 Å². The zero-order chi connectivity index (χ0) is 22.8. The Bertz CT molecular complexity index is 1300. The van der Waals surface area contributed by atoms with Crippen LogP contribution in [0.4, 0.5) is 5.69 Å². The maximum Gasteiger partial charge on any atom is 0.246 e. The Morgan fingerprint density at radius 1 is 0.879 bits per heavy atom. The molecule has 1 fully saturated rings. The first-order valence-corrected chi connectivity index (χ1v) is 11.4. The Balaban J connectivity index is 1.38. The number of rotatable bonds is 4. The minimum Gasteiger partial charge on any atom is -0.368 e. The largest absolute Gasteiger partial charge is 0.368 e. The highest BCUT2D eigenvalue weighted by atomic mass is 16.2. The highest BCUT2D eigenvalue weighted by Gasteiger charge is 2.20. The quantitative estimate of drug-likeness (QED) is 0.424. The number of amides is 1. The molecular formula is C28H28N4O. The number of imidazole rings is 1. The van der Waals surface area contributed by atoms with E-state index in [-0.39, 0.29) is 5.91 Å². The van der Waals surface area contributed by atoms with Crippen molar-refractivity contribution in [1.82, 2.24) is 14.3 Å². The number of anilines is 1. The van der Waals surface area contributed by atoms with Gasteiger partial charge in [-0.25, -0.2) is 4.98 Å². The van der Waals surface area contributed by atoms with E-state index in [2.05, 4.69) is 83.8 Å². The molecule has 5 nitrogen and oxygen atoms in total. The number of carbonyl (C=O) groups is 1. The fourth-order valence-corrected chi connectivity index (χ4v) is 4.33. The average Bonchev–Trinajstić information content (AvgIpc) is 3.21. The minimum atomic E-state index is 0.0413. The Morgan fingerprint density at radius 2 is 1.61 bits per heavy atom. The molecule has 0 aliphatic carbocycles. The van der Waals surface area contributed by atoms with Gasteiger partial charge in [0.05, 0.1) is 11.4 Å². The minimum absolute atomic E-state index is 0.0413. The molecule has 0 spiro atoms. The van der Waals surface area contributed by atoms with Crippen molar-refractivity contribution in [1.29, 1.82) is 0 Å². The van der Waals surface area contributed by atoms with Crippen LogP contribution >= 0.6 is 0 Å². The van der Waals surface area contributed by atoms with Crippen LogP contribution in [0.1, 0.15) is 16.8 Å². The molecule has 1 saturated heterocycles. The highest BCUT2D eigenvalue weighted by molar-refractivity contribution is 5.93. The van der Waals surface area contributed by atoms with Crippen molar-refractivity contribution in [3.8, 4) is 11.3 Å². The zero-order valence-electron chi connectivity index (χ0n) is 19.1. The van der Waals surface area contributed by atoms with Gasteiger partial charge in [-0.15, -0.1) is 0 Å². The normalized spacial score (nSPS) is 14.4. The summed E-state index contributed by atoms with van der Waals surface area (Å²) in [5, 5.41) is 0. The van der Waals surface area contributed by atoms with Crippen LogP contribution in [0.15, 0.2) is 79.0 Å². The molecule has 33 heavy (non-hydrogen) atoms. The van der Waals surface area contributed by atoms with E-state index in [1.165, 1.54) is 11.3 Å². The first-order valence-electron chi connectivity index (χ1n) is 11.4. The van der Waals surface area contributed by atoms with Gasteiger partial charge in [-0.3, -0.25) is 9.20 Å². The fraction of sp³-hybridized carbons (Fsp3) is 0.214. The molecule has 0 bridgehead atoms. The van der Waals surface area contributed by atoms with Crippen LogP contribution in [-0.2, 0) is 4.79 Å². The number of carbonyl (C=O) groups excluding carboxylic acids is 1. The van der Waals surface area contributed by atoms with E-state index >= 15 is 0 Å². The number of fused-ring (bicyclic) bond motifs is 1. The first-order chi connectivity index (χ1) is 16.1. The summed E-state index contributed by atoms with van der Waals surface area (Å²) in [6.45, 7) is 7.26. The van der Waals surface area contributed by atoms with Gasteiger partial charge in [0, 0.05) is 49.7 Å². The average molecular weight is 437 g/mol. The molecule has 5 heteroatoms. The van der Waals surface area contributed by atoms with E-state index in [0.29, 0.717) is 0 Å². The van der Waals surface area contributed by atoms with Gasteiger partial charge in [-0.2, -0.15) is 0 Å². The van der Waals surface area contributed by atoms with Crippen molar-refractivity contribution >= 4 is 23.3 Å². The summed E-state index contributed by atoms with van der Waals surface area (Å²) in [6.07, 6.45) is 5.63. The maximum atomic E-state index is 13.0. The van der Waals surface area contributed by atoms with Crippen LogP contribution in [-0.4, -0.2) is 46.4 Å². The van der Waals surface area contributed by atoms with E-state index in [4.69, 9.17) is 4.98 Å². The second-order valence-corrected chi connectivity index (χ2v) is 8.63. The molecule has 0 radical (unpaired) electrons. The van der Waals surface area contributed by atoms with Crippen molar-refractivity contribution in [3.05, 3.63) is 95.8 Å². The van der Waals surface area contributed by atoms with Crippen molar-refractivity contribution in [2.45, 2.75) is 13.8 Å². The molecule has 0 saturated carbocycles. The molecule has 2 aromatic heterocycles. The highest BCUT2D eigenvalue weighted by Crippen LogP contribution is 2.26. The first kappa shape index (κ1) is 21.0. The number of piperazine rings is 1. The number of aromatic nitrogens is 2. The summed E-state index contributed by atoms with van der Waals surface area (Å²) in [5.74, 6) is 0.0413. The predicted octanol–water partition coefficient (Wildman–Crippen LogP) is 4.98. The summed E-state index contributed by atoms with van der Waals surface area (Å²) in [7, 11) is 0. The number of aryl methyl sites for hydroxylation is 2. The van der Waals surface area contributed by atoms with Crippen LogP contribution < -0.4 is 4.90 Å². The monoisotopic (exact) mass is 436 g/mol. The zero-order valence-corrected chi connectivity index (χ0v) is 19.1. The Kier molecular flexibility index (Phi) is 5.69. The molecule has 3 heterocycles. The van der Waals surface area contributed by atoms with E-state index < -0.39 is 0 Å². The summed E-state index contributed by atoms with van der Waals surface area (Å²) in [4.78, 5) is 22.2. The van der Waals surface area contributed by atoms with Crippen molar-refractivity contribution in [2.75, 3.05) is 31.1 Å². The molecule has 0 N–H and O–H groups in total. The summed E-state index contributed by atoms with van der Waals surface area (Å²) < 4.78 is 2.05. The molecule has 0 atom stereocenters. The van der Waals surface area contributed by atoms with Crippen LogP contribution in [0.25, 0.3) is 23.0 Å². The molecular weight excluding hydrogens is 408 g/mol. The molecule has 1 aliphatic rings. The SMILES string of the molecule is Cc1ccc(-c2nc3cc(C)ccn3c2/C=C/C(=O)N2CCN(c3ccccc3)CC2)cc1. The number of hydrogen-bond donors (Lipinski definition) is 0. The summed E-state index contributed by atoms with van der Waals surface area (Å²) >= 11 is 0. The molecule has 2 aromatic carbocycles. The smallest absolute Gasteiger partial charge is 0.246 e. The van der Waals surface area contributed by atoms with E-state index in [0.717, 1.165) is 54.3 Å². The number of nitrogens with zero attached hydrogens (tertiary/aromatic N) is 4. The fourth-order valence-electron chi connectivity index (χ4n) is 4.33. The lowest BCUT2D eigenvalue weighted by Crippen LogP contribution is -2.48. The van der Waals surface area contributed by atoms with Crippen molar-refractivity contribution in [2.24, 2.45) is 0 Å². The Morgan fingerprint density at radius 3 is 2.33 bits per heavy atom. The molecule has 5 rings (SSSR count). The van der Waals surface area contributed by atoms with E-state index in [1.807, 2.05) is 23.2 Å². The maximum absolute atomic E-state index is 13.0. The second kappa shape index (κ2) is 8.94. The third-order valence-electron chi connectivity index (χ3n) is 6.24. The third-order valence-corrected chi connectivity index (χ3v) is 6.24. The molecule has 0 unspecified atom stereocenters. The molecule has 1 aliphatic heterocycles. The van der Waals surface area contributed by atoms with Gasteiger partial charge in [0.15, 0.2) is 0 Å². The standard InChI is InChI=1S/C28H28N4O/c1-21-8-10-23(11-9-21)28-25(32-15-14-22(2)20-26(32)29-28)12-13-27(33)31-18-16-30(17-19-31)24-6-4-3-5-7-24/h3-15,20H,16-19H2,1-2H3/b13-12+. The van der Waals surface area contributed by atoms with Gasteiger partial charge in [0.1, 0.15) is 5.65 Å². The van der Waals surface area contributed by atoms with Gasteiger partial charge in [0.2, 0.25) is 5.91 Å². The number of pyridine rings is 1. The van der Waals surface area contributed by atoms with Gasteiger partial charge < -0.3 is 9.80 Å². The van der Waals surface area contributed by atoms with E-state index in [1.54, 1.807) is 6.08 Å². The summed E-state index contributed by atoms with van der Waals surface area (Å²) in [6, 6.07) is 22.9. The molecule has 166 valence electrons.